The summed E-state index contributed by atoms with van der Waals surface area (Å²) in [6.07, 6.45) is 0. The molecule has 0 atom stereocenters. The van der Waals surface area contributed by atoms with Crippen molar-refractivity contribution in [2.24, 2.45) is 0 Å². The lowest BCUT2D eigenvalue weighted by Gasteiger charge is -2.32. The highest BCUT2D eigenvalue weighted by atomic mass is 79.9. The molecule has 0 bridgehead atoms. The van der Waals surface area contributed by atoms with E-state index in [0.29, 0.717) is 17.0 Å². The minimum atomic E-state index is -0.187. The maximum Gasteiger partial charge on any atom is 0.287 e. The number of rotatable bonds is 5. The zero-order chi connectivity index (χ0) is 17.8. The number of nitrogens with one attached hydrogen (secondary N) is 1. The number of nitrogens with zero attached hydrogens (tertiary/aromatic N) is 2. The predicted molar refractivity (Wildman–Crippen MR) is 102 cm³/mol. The molecule has 0 aliphatic carbocycles. The van der Waals surface area contributed by atoms with E-state index in [0.717, 1.165) is 43.9 Å². The smallest absolute Gasteiger partial charge is 0.287 e. The van der Waals surface area contributed by atoms with Crippen molar-refractivity contribution in [3.63, 3.8) is 0 Å². The highest BCUT2D eigenvalue weighted by molar-refractivity contribution is 9.10. The number of carbonyl (C=O) groups is 1. The number of likely N-dealkylation sites (N-methyl/N-ethyl adjacent to an activating group) is 1. The maximum absolute atomic E-state index is 12.2. The van der Waals surface area contributed by atoms with E-state index in [-0.39, 0.29) is 5.91 Å². The first-order valence-corrected chi connectivity index (χ1v) is 9.33. The summed E-state index contributed by atoms with van der Waals surface area (Å²) in [6, 6.07) is 10.2. The van der Waals surface area contributed by atoms with E-state index >= 15 is 0 Å². The Labute approximate surface area is 157 Å². The largest absolute Gasteiger partial charge is 0.444 e. The van der Waals surface area contributed by atoms with E-state index in [9.17, 15) is 4.79 Å². The number of amides is 1. The van der Waals surface area contributed by atoms with Crippen LogP contribution in [0.3, 0.4) is 0 Å². The molecule has 0 spiro atoms. The summed E-state index contributed by atoms with van der Waals surface area (Å²) >= 11 is 3.25. The van der Waals surface area contributed by atoms with Crippen LogP contribution in [0, 0.1) is 6.92 Å². The lowest BCUT2D eigenvalue weighted by molar-refractivity contribution is 0.0921. The Kier molecular flexibility index (Phi) is 5.93. The molecular weight excluding hydrogens is 382 g/mol. The molecule has 1 aromatic heterocycles. The number of aryl methyl sites for hydroxylation is 1. The number of carbonyl (C=O) groups excluding carboxylic acids is 1. The van der Waals surface area contributed by atoms with Crippen molar-refractivity contribution >= 4 is 21.8 Å². The fourth-order valence-corrected chi connectivity index (χ4v) is 3.54. The molecule has 2 heterocycles. The molecule has 3 rings (SSSR count). The molecule has 6 heteroatoms. The first kappa shape index (κ1) is 18.2. The van der Waals surface area contributed by atoms with Crippen molar-refractivity contribution in [3.05, 3.63) is 57.5 Å². The summed E-state index contributed by atoms with van der Waals surface area (Å²) < 4.78 is 5.96. The molecule has 0 unspecified atom stereocenters. The van der Waals surface area contributed by atoms with E-state index in [1.807, 2.05) is 13.0 Å². The number of benzene rings is 1. The van der Waals surface area contributed by atoms with Crippen molar-refractivity contribution in [3.8, 4) is 0 Å². The van der Waals surface area contributed by atoms with Crippen LogP contribution >= 0.6 is 15.9 Å². The number of furan rings is 1. The zero-order valence-corrected chi connectivity index (χ0v) is 16.3. The Morgan fingerprint density at radius 3 is 2.60 bits per heavy atom. The molecular formula is C19H24BrN3O2. The second-order valence-electron chi connectivity index (χ2n) is 6.64. The second-order valence-corrected chi connectivity index (χ2v) is 7.43. The third-order valence-corrected chi connectivity index (χ3v) is 4.93. The minimum Gasteiger partial charge on any atom is -0.444 e. The average Bonchev–Trinajstić information content (AvgIpc) is 2.94. The van der Waals surface area contributed by atoms with Crippen molar-refractivity contribution in [1.82, 2.24) is 15.1 Å². The van der Waals surface area contributed by atoms with E-state index in [2.05, 4.69) is 56.3 Å². The van der Waals surface area contributed by atoms with Crippen LogP contribution in [-0.4, -0.2) is 48.9 Å². The van der Waals surface area contributed by atoms with Crippen LogP contribution < -0.4 is 5.32 Å². The molecule has 2 aromatic rings. The molecule has 1 saturated heterocycles. The number of hydrogen-bond acceptors (Lipinski definition) is 4. The SMILES string of the molecule is Cc1cc(Br)oc1C(=O)NCc1cccc(CN2CCN(C)CC2)c1. The molecule has 1 aliphatic rings. The number of piperazine rings is 1. The molecule has 134 valence electrons. The fraction of sp³-hybridized carbons (Fsp3) is 0.421. The molecule has 0 radical (unpaired) electrons. The third-order valence-electron chi connectivity index (χ3n) is 4.54. The lowest BCUT2D eigenvalue weighted by Crippen LogP contribution is -2.43. The van der Waals surface area contributed by atoms with Gasteiger partial charge in [-0.05, 0) is 47.1 Å². The molecule has 1 aliphatic heterocycles. The predicted octanol–water partition coefficient (Wildman–Crippen LogP) is 3.03. The first-order chi connectivity index (χ1) is 12.0. The highest BCUT2D eigenvalue weighted by Crippen LogP contribution is 2.19. The normalized spacial score (nSPS) is 16.1. The monoisotopic (exact) mass is 405 g/mol. The fourth-order valence-electron chi connectivity index (χ4n) is 3.03. The third kappa shape index (κ3) is 4.93. The summed E-state index contributed by atoms with van der Waals surface area (Å²) in [7, 11) is 2.17. The minimum absolute atomic E-state index is 0.187. The molecule has 5 nitrogen and oxygen atoms in total. The van der Waals surface area contributed by atoms with E-state index in [1.54, 1.807) is 6.07 Å². The maximum atomic E-state index is 12.2. The number of halogens is 1. The van der Waals surface area contributed by atoms with E-state index in [1.165, 1.54) is 5.56 Å². The molecule has 25 heavy (non-hydrogen) atoms. The van der Waals surface area contributed by atoms with Gasteiger partial charge < -0.3 is 14.6 Å². The summed E-state index contributed by atoms with van der Waals surface area (Å²) in [4.78, 5) is 17.1. The topological polar surface area (TPSA) is 48.7 Å². The Hall–Kier alpha value is -1.63. The van der Waals surface area contributed by atoms with Gasteiger partial charge in [0.1, 0.15) is 0 Å². The van der Waals surface area contributed by atoms with Crippen molar-refractivity contribution in [2.75, 3.05) is 33.2 Å². The Morgan fingerprint density at radius 1 is 1.20 bits per heavy atom. The van der Waals surface area contributed by atoms with Gasteiger partial charge in [0.25, 0.3) is 5.91 Å². The van der Waals surface area contributed by atoms with Gasteiger partial charge in [0.2, 0.25) is 0 Å². The molecule has 1 aromatic carbocycles. The quantitative estimate of drug-likeness (QED) is 0.830. The standard InChI is InChI=1S/C19H24BrN3O2/c1-14-10-17(20)25-18(14)19(24)21-12-15-4-3-5-16(11-15)13-23-8-6-22(2)7-9-23/h3-5,10-11H,6-9,12-13H2,1-2H3,(H,21,24). The van der Waals surface area contributed by atoms with Crippen LogP contribution in [0.25, 0.3) is 0 Å². The van der Waals surface area contributed by atoms with Gasteiger partial charge in [-0.1, -0.05) is 24.3 Å². The van der Waals surface area contributed by atoms with Gasteiger partial charge in [-0.3, -0.25) is 9.69 Å². The van der Waals surface area contributed by atoms with E-state index in [4.69, 9.17) is 4.42 Å². The summed E-state index contributed by atoms with van der Waals surface area (Å²) in [5, 5.41) is 2.93. The van der Waals surface area contributed by atoms with Crippen molar-refractivity contribution in [1.29, 1.82) is 0 Å². The van der Waals surface area contributed by atoms with Crippen molar-refractivity contribution in [2.45, 2.75) is 20.0 Å². The van der Waals surface area contributed by atoms with E-state index < -0.39 is 0 Å². The molecule has 1 amide bonds. The molecule has 0 saturated carbocycles. The van der Waals surface area contributed by atoms with Crippen LogP contribution in [0.2, 0.25) is 0 Å². The van der Waals surface area contributed by atoms with Crippen LogP contribution in [0.5, 0.6) is 0 Å². The summed E-state index contributed by atoms with van der Waals surface area (Å²) in [5.74, 6) is 0.174. The molecule has 1 fully saturated rings. The van der Waals surface area contributed by atoms with Gasteiger partial charge in [0.05, 0.1) is 0 Å². The second kappa shape index (κ2) is 8.17. The van der Waals surface area contributed by atoms with Gasteiger partial charge in [-0.25, -0.2) is 0 Å². The Bertz CT molecular complexity index is 736. The Balaban J connectivity index is 1.56. The first-order valence-electron chi connectivity index (χ1n) is 8.54. The molecule has 1 N–H and O–H groups in total. The van der Waals surface area contributed by atoms with Crippen molar-refractivity contribution < 1.29 is 9.21 Å². The van der Waals surface area contributed by atoms with Gasteiger partial charge >= 0.3 is 0 Å². The van der Waals surface area contributed by atoms with Crippen LogP contribution in [0.15, 0.2) is 39.4 Å². The van der Waals surface area contributed by atoms with Crippen LogP contribution in [0.4, 0.5) is 0 Å². The average molecular weight is 406 g/mol. The van der Waals surface area contributed by atoms with Gasteiger partial charge in [-0.2, -0.15) is 0 Å². The van der Waals surface area contributed by atoms with Gasteiger partial charge in [-0.15, -0.1) is 0 Å². The zero-order valence-electron chi connectivity index (χ0n) is 14.7. The van der Waals surface area contributed by atoms with Gasteiger partial charge in [0.15, 0.2) is 10.4 Å². The summed E-state index contributed by atoms with van der Waals surface area (Å²) in [6.45, 7) is 7.75. The van der Waals surface area contributed by atoms with Crippen LogP contribution in [-0.2, 0) is 13.1 Å². The Morgan fingerprint density at radius 2 is 1.92 bits per heavy atom. The lowest BCUT2D eigenvalue weighted by atomic mass is 10.1. The van der Waals surface area contributed by atoms with Crippen LogP contribution in [0.1, 0.15) is 27.2 Å². The summed E-state index contributed by atoms with van der Waals surface area (Å²) in [5.41, 5.74) is 3.21. The number of hydrogen-bond donors (Lipinski definition) is 1. The highest BCUT2D eigenvalue weighted by Gasteiger charge is 2.15. The van der Waals surface area contributed by atoms with Gasteiger partial charge in [0, 0.05) is 44.8 Å².